The molecule has 0 aliphatic carbocycles. The summed E-state index contributed by atoms with van der Waals surface area (Å²) in [7, 11) is 0. The monoisotopic (exact) mass is 309 g/mol. The predicted molar refractivity (Wildman–Crippen MR) is 68.6 cm³/mol. The number of nitrogens with one attached hydrogen (secondary N) is 1. The third-order valence-electron chi connectivity index (χ3n) is 1.98. The first-order valence-corrected chi connectivity index (χ1v) is 6.85. The molecule has 0 saturated heterocycles. The zero-order valence-corrected chi connectivity index (χ0v) is 11.6. The number of hydrogen-bond donors (Lipinski definition) is 1. The fourth-order valence-electron chi connectivity index (χ4n) is 1.04. The van der Waals surface area contributed by atoms with E-state index in [4.69, 9.17) is 11.6 Å². The summed E-state index contributed by atoms with van der Waals surface area (Å²) >= 11 is 10.7. The summed E-state index contributed by atoms with van der Waals surface area (Å²) in [5.74, 6) is 0.290. The van der Waals surface area contributed by atoms with Gasteiger partial charge >= 0.3 is 0 Å². The number of carbonyl (C=O) groups is 1. The quantitative estimate of drug-likeness (QED) is 0.832. The van der Waals surface area contributed by atoms with E-state index in [0.29, 0.717) is 12.4 Å². The van der Waals surface area contributed by atoms with Crippen LogP contribution in [0.25, 0.3) is 0 Å². The van der Waals surface area contributed by atoms with Crippen LogP contribution < -0.4 is 5.32 Å². The lowest BCUT2D eigenvalue weighted by Crippen LogP contribution is -2.31. The van der Waals surface area contributed by atoms with Crippen molar-refractivity contribution in [1.82, 2.24) is 5.32 Å². The van der Waals surface area contributed by atoms with Crippen LogP contribution in [0.15, 0.2) is 15.9 Å². The fourth-order valence-corrected chi connectivity index (χ4v) is 2.66. The minimum atomic E-state index is -0.110. The average Bonchev–Trinajstić information content (AvgIpc) is 2.63. The molecule has 15 heavy (non-hydrogen) atoms. The maximum Gasteiger partial charge on any atom is 0.224 e. The van der Waals surface area contributed by atoms with Crippen LogP contribution in [-0.2, 0) is 11.2 Å². The van der Waals surface area contributed by atoms with E-state index < -0.39 is 0 Å². The molecule has 0 radical (unpaired) electrons. The Balaban J connectivity index is 2.24. The second-order valence-corrected chi connectivity index (χ2v) is 6.16. The van der Waals surface area contributed by atoms with Crippen molar-refractivity contribution in [3.8, 4) is 0 Å². The van der Waals surface area contributed by atoms with Crippen molar-refractivity contribution in [2.24, 2.45) is 5.92 Å². The highest BCUT2D eigenvalue weighted by atomic mass is 79.9. The average molecular weight is 311 g/mol. The molecule has 1 amide bonds. The van der Waals surface area contributed by atoms with Gasteiger partial charge in [-0.05, 0) is 34.5 Å². The molecular weight excluding hydrogens is 298 g/mol. The molecule has 5 heteroatoms. The van der Waals surface area contributed by atoms with Gasteiger partial charge in [-0.2, -0.15) is 0 Å². The van der Waals surface area contributed by atoms with Crippen molar-refractivity contribution in [1.29, 1.82) is 0 Å². The molecule has 0 aromatic carbocycles. The third-order valence-corrected chi connectivity index (χ3v) is 4.12. The van der Waals surface area contributed by atoms with Gasteiger partial charge in [-0.25, -0.2) is 0 Å². The maximum atomic E-state index is 11.4. The van der Waals surface area contributed by atoms with E-state index in [1.54, 1.807) is 11.3 Å². The number of carbonyl (C=O) groups excluding carboxylic acids is 1. The van der Waals surface area contributed by atoms with Gasteiger partial charge in [-0.15, -0.1) is 22.9 Å². The highest BCUT2D eigenvalue weighted by Gasteiger charge is 2.10. The Morgan fingerprint density at radius 3 is 2.93 bits per heavy atom. The molecular formula is C10H13BrClNOS. The predicted octanol–water partition coefficient (Wildman–Crippen LogP) is 3.04. The van der Waals surface area contributed by atoms with Crippen LogP contribution in [0.3, 0.4) is 0 Å². The first-order valence-electron chi connectivity index (χ1n) is 4.71. The minimum Gasteiger partial charge on any atom is -0.355 e. The summed E-state index contributed by atoms with van der Waals surface area (Å²) in [6.07, 6.45) is 0.872. The molecule has 0 bridgehead atoms. The Labute approximate surface area is 107 Å². The molecule has 1 aromatic rings. The summed E-state index contributed by atoms with van der Waals surface area (Å²) in [4.78, 5) is 12.6. The summed E-state index contributed by atoms with van der Waals surface area (Å²) in [6.45, 7) is 2.50. The summed E-state index contributed by atoms with van der Waals surface area (Å²) in [5, 5.41) is 2.86. The molecule has 0 saturated carbocycles. The van der Waals surface area contributed by atoms with Crippen LogP contribution >= 0.6 is 38.9 Å². The molecule has 0 spiro atoms. The fraction of sp³-hybridized carbons (Fsp3) is 0.500. The topological polar surface area (TPSA) is 29.1 Å². The molecule has 1 heterocycles. The van der Waals surface area contributed by atoms with Crippen LogP contribution in [-0.4, -0.2) is 18.3 Å². The highest BCUT2D eigenvalue weighted by molar-refractivity contribution is 9.11. The second kappa shape index (κ2) is 6.51. The van der Waals surface area contributed by atoms with Crippen LogP contribution in [0.2, 0.25) is 0 Å². The summed E-state index contributed by atoms with van der Waals surface area (Å²) in [5.41, 5.74) is 0. The van der Waals surface area contributed by atoms with E-state index in [1.165, 1.54) is 4.88 Å². The first kappa shape index (κ1) is 13.0. The molecule has 84 valence electrons. The molecule has 0 aliphatic heterocycles. The van der Waals surface area contributed by atoms with Gasteiger partial charge in [-0.3, -0.25) is 4.79 Å². The zero-order chi connectivity index (χ0) is 11.3. The number of amides is 1. The van der Waals surface area contributed by atoms with Crippen LogP contribution in [0, 0.1) is 5.92 Å². The Bertz CT molecular complexity index is 329. The smallest absolute Gasteiger partial charge is 0.224 e. The summed E-state index contributed by atoms with van der Waals surface area (Å²) in [6, 6.07) is 4.08. The normalized spacial score (nSPS) is 12.5. The van der Waals surface area contributed by atoms with Crippen molar-refractivity contribution in [2.75, 3.05) is 12.4 Å². The molecule has 2 nitrogen and oxygen atoms in total. The van der Waals surface area contributed by atoms with Crippen LogP contribution in [0.1, 0.15) is 11.8 Å². The molecule has 1 aromatic heterocycles. The Morgan fingerprint density at radius 2 is 2.40 bits per heavy atom. The number of halogens is 2. The van der Waals surface area contributed by atoms with Crippen molar-refractivity contribution in [2.45, 2.75) is 13.3 Å². The molecule has 1 rings (SSSR count). The van der Waals surface area contributed by atoms with Gasteiger partial charge in [0, 0.05) is 23.2 Å². The standard InChI is InChI=1S/C10H13BrClNOS/c1-7(6-12)10(14)13-5-4-8-2-3-9(11)15-8/h2-3,7H,4-6H2,1H3,(H,13,14). The highest BCUT2D eigenvalue weighted by Crippen LogP contribution is 2.22. The van der Waals surface area contributed by atoms with E-state index in [9.17, 15) is 4.79 Å². The van der Waals surface area contributed by atoms with E-state index in [-0.39, 0.29) is 11.8 Å². The minimum absolute atomic E-state index is 0.0284. The van der Waals surface area contributed by atoms with Crippen LogP contribution in [0.4, 0.5) is 0 Å². The first-order chi connectivity index (χ1) is 7.13. The molecule has 1 atom stereocenters. The van der Waals surface area contributed by atoms with Gasteiger partial charge in [0.2, 0.25) is 5.91 Å². The van der Waals surface area contributed by atoms with Gasteiger partial charge in [0.1, 0.15) is 0 Å². The lowest BCUT2D eigenvalue weighted by Gasteiger charge is -2.08. The molecule has 1 unspecified atom stereocenters. The van der Waals surface area contributed by atoms with Gasteiger partial charge in [0.05, 0.1) is 3.79 Å². The Morgan fingerprint density at radius 1 is 1.67 bits per heavy atom. The number of alkyl halides is 1. The second-order valence-electron chi connectivity index (χ2n) is 3.30. The van der Waals surface area contributed by atoms with Gasteiger partial charge in [0.15, 0.2) is 0 Å². The molecule has 0 fully saturated rings. The zero-order valence-electron chi connectivity index (χ0n) is 8.43. The van der Waals surface area contributed by atoms with Gasteiger partial charge in [0.25, 0.3) is 0 Å². The lowest BCUT2D eigenvalue weighted by molar-refractivity contribution is -0.123. The SMILES string of the molecule is CC(CCl)C(=O)NCCc1ccc(Br)s1. The van der Waals surface area contributed by atoms with Crippen molar-refractivity contribution < 1.29 is 4.79 Å². The van der Waals surface area contributed by atoms with Crippen molar-refractivity contribution in [3.05, 3.63) is 20.8 Å². The Hall–Kier alpha value is -0.0600. The van der Waals surface area contributed by atoms with Gasteiger partial charge in [-0.1, -0.05) is 6.92 Å². The maximum absolute atomic E-state index is 11.4. The largest absolute Gasteiger partial charge is 0.355 e. The van der Waals surface area contributed by atoms with Crippen molar-refractivity contribution in [3.63, 3.8) is 0 Å². The van der Waals surface area contributed by atoms with E-state index in [1.807, 2.05) is 13.0 Å². The van der Waals surface area contributed by atoms with E-state index in [0.717, 1.165) is 10.2 Å². The van der Waals surface area contributed by atoms with E-state index >= 15 is 0 Å². The van der Waals surface area contributed by atoms with Crippen LogP contribution in [0.5, 0.6) is 0 Å². The van der Waals surface area contributed by atoms with E-state index in [2.05, 4.69) is 27.3 Å². The Kier molecular flexibility index (Phi) is 5.64. The molecule has 0 aliphatic rings. The summed E-state index contributed by atoms with van der Waals surface area (Å²) < 4.78 is 1.12. The number of hydrogen-bond acceptors (Lipinski definition) is 2. The number of thiophene rings is 1. The molecule has 1 N–H and O–H groups in total. The number of rotatable bonds is 5. The van der Waals surface area contributed by atoms with Gasteiger partial charge < -0.3 is 5.32 Å². The third kappa shape index (κ3) is 4.53. The lowest BCUT2D eigenvalue weighted by atomic mass is 10.2. The van der Waals surface area contributed by atoms with Crippen molar-refractivity contribution >= 4 is 44.8 Å².